The minimum absolute atomic E-state index is 0.341. The Morgan fingerprint density at radius 2 is 2.04 bits per heavy atom. The predicted octanol–water partition coefficient (Wildman–Crippen LogP) is 3.90. The van der Waals surface area contributed by atoms with Gasteiger partial charge in [0.2, 0.25) is 0 Å². The Kier molecular flexibility index (Phi) is 4.63. The number of hydrogen-bond acceptors (Lipinski definition) is 6. The van der Waals surface area contributed by atoms with Gasteiger partial charge in [0.25, 0.3) is 0 Å². The molecule has 2 aromatic heterocycles. The lowest BCUT2D eigenvalue weighted by atomic mass is 10.1. The molecule has 0 fully saturated rings. The fourth-order valence-corrected chi connectivity index (χ4v) is 2.89. The molecular weight excluding hydrogens is 354 g/mol. The topological polar surface area (TPSA) is 94.5 Å². The van der Waals surface area contributed by atoms with E-state index in [-0.39, 0.29) is 5.97 Å². The summed E-state index contributed by atoms with van der Waals surface area (Å²) in [5, 5.41) is 3.28. The molecule has 2 aromatic carbocycles. The number of nitrogens with two attached hydrogens (primary N) is 1. The van der Waals surface area contributed by atoms with E-state index >= 15 is 0 Å². The van der Waals surface area contributed by atoms with Gasteiger partial charge in [0.05, 0.1) is 17.9 Å². The summed E-state index contributed by atoms with van der Waals surface area (Å²) in [7, 11) is 0. The van der Waals surface area contributed by atoms with Gasteiger partial charge in [-0.2, -0.15) is 0 Å². The van der Waals surface area contributed by atoms with E-state index in [1.807, 2.05) is 41.1 Å². The maximum absolute atomic E-state index is 11.8. The number of nitrogen functional groups attached to an aromatic ring is 1. The number of carbonyl (C=O) groups is 1. The second kappa shape index (κ2) is 7.40. The van der Waals surface area contributed by atoms with Crippen molar-refractivity contribution in [2.24, 2.45) is 0 Å². The Labute approximate surface area is 161 Å². The lowest BCUT2D eigenvalue weighted by Crippen LogP contribution is -2.05. The van der Waals surface area contributed by atoms with Crippen LogP contribution in [-0.4, -0.2) is 26.9 Å². The summed E-state index contributed by atoms with van der Waals surface area (Å²) < 4.78 is 6.92. The molecule has 140 valence electrons. The molecule has 0 bridgehead atoms. The van der Waals surface area contributed by atoms with Crippen molar-refractivity contribution in [2.45, 2.75) is 6.92 Å². The minimum atomic E-state index is -0.341. The summed E-state index contributed by atoms with van der Waals surface area (Å²) in [4.78, 5) is 20.9. The molecule has 0 radical (unpaired) electrons. The van der Waals surface area contributed by atoms with Gasteiger partial charge in [0, 0.05) is 35.5 Å². The molecular formula is C21H19N5O2. The fraction of sp³-hybridized carbons (Fsp3) is 0.0952. The molecule has 4 rings (SSSR count). The largest absolute Gasteiger partial charge is 0.462 e. The number of esters is 1. The molecule has 0 unspecified atom stereocenters. The van der Waals surface area contributed by atoms with Gasteiger partial charge >= 0.3 is 5.97 Å². The molecule has 4 aromatic rings. The normalized spacial score (nSPS) is 10.8. The Bertz CT molecular complexity index is 1140. The maximum atomic E-state index is 11.8. The number of carbonyl (C=O) groups excluding carboxylic acids is 1. The molecule has 0 aliphatic carbocycles. The average molecular weight is 373 g/mol. The van der Waals surface area contributed by atoms with Gasteiger partial charge < -0.3 is 20.2 Å². The van der Waals surface area contributed by atoms with Crippen molar-refractivity contribution < 1.29 is 9.53 Å². The summed E-state index contributed by atoms with van der Waals surface area (Å²) in [5.41, 5.74) is 10.2. The van der Waals surface area contributed by atoms with Crippen molar-refractivity contribution in [1.29, 1.82) is 0 Å². The number of ether oxygens (including phenoxy) is 1. The standard InChI is InChI=1S/C21H19N5O2/c1-2-28-21(27)14-6-8-17(9-7-14)24-19-20-23-10-11-26(20)13-18(25-19)15-4-3-5-16(22)12-15/h3-13H,2,22H2,1H3,(H,24,25). The molecule has 28 heavy (non-hydrogen) atoms. The molecule has 3 N–H and O–H groups in total. The highest BCUT2D eigenvalue weighted by Gasteiger charge is 2.11. The number of anilines is 3. The lowest BCUT2D eigenvalue weighted by molar-refractivity contribution is 0.0526. The van der Waals surface area contributed by atoms with Crippen LogP contribution in [-0.2, 0) is 4.74 Å². The monoisotopic (exact) mass is 373 g/mol. The molecule has 0 atom stereocenters. The van der Waals surface area contributed by atoms with Crippen LogP contribution in [0.3, 0.4) is 0 Å². The van der Waals surface area contributed by atoms with Crippen LogP contribution in [0, 0.1) is 0 Å². The highest BCUT2D eigenvalue weighted by Crippen LogP contribution is 2.25. The van der Waals surface area contributed by atoms with Gasteiger partial charge in [0.15, 0.2) is 11.5 Å². The number of hydrogen-bond donors (Lipinski definition) is 2. The Balaban J connectivity index is 1.68. The molecule has 0 aliphatic heterocycles. The van der Waals surface area contributed by atoms with Gasteiger partial charge in [-0.3, -0.25) is 0 Å². The Morgan fingerprint density at radius 3 is 2.79 bits per heavy atom. The molecule has 0 saturated heterocycles. The van der Waals surface area contributed by atoms with E-state index in [0.29, 0.717) is 29.3 Å². The SMILES string of the molecule is CCOC(=O)c1ccc(Nc2nc(-c3cccc(N)c3)cn3ccnc23)cc1. The van der Waals surface area contributed by atoms with Crippen LogP contribution in [0.1, 0.15) is 17.3 Å². The summed E-state index contributed by atoms with van der Waals surface area (Å²) in [6, 6.07) is 14.6. The highest BCUT2D eigenvalue weighted by atomic mass is 16.5. The Hall–Kier alpha value is -3.87. The summed E-state index contributed by atoms with van der Waals surface area (Å²) in [5.74, 6) is 0.264. The summed E-state index contributed by atoms with van der Waals surface area (Å²) in [6.45, 7) is 2.13. The smallest absolute Gasteiger partial charge is 0.338 e. The highest BCUT2D eigenvalue weighted by molar-refractivity contribution is 5.90. The number of imidazole rings is 1. The number of aromatic nitrogens is 3. The van der Waals surface area contributed by atoms with Crippen LogP contribution >= 0.6 is 0 Å². The second-order valence-corrected chi connectivity index (χ2v) is 6.18. The fourth-order valence-electron chi connectivity index (χ4n) is 2.89. The van der Waals surface area contributed by atoms with E-state index in [2.05, 4.69) is 10.3 Å². The van der Waals surface area contributed by atoms with E-state index in [4.69, 9.17) is 15.5 Å². The van der Waals surface area contributed by atoms with Crippen molar-refractivity contribution in [2.75, 3.05) is 17.7 Å². The zero-order valence-corrected chi connectivity index (χ0v) is 15.3. The number of benzene rings is 2. The lowest BCUT2D eigenvalue weighted by Gasteiger charge is -2.11. The van der Waals surface area contributed by atoms with Crippen LogP contribution in [0.4, 0.5) is 17.2 Å². The number of nitrogens with one attached hydrogen (secondary N) is 1. The number of nitrogens with zero attached hydrogens (tertiary/aromatic N) is 3. The van der Waals surface area contributed by atoms with E-state index in [1.165, 1.54) is 0 Å². The van der Waals surface area contributed by atoms with Crippen LogP contribution < -0.4 is 11.1 Å². The van der Waals surface area contributed by atoms with E-state index in [0.717, 1.165) is 16.9 Å². The van der Waals surface area contributed by atoms with Crippen LogP contribution in [0.5, 0.6) is 0 Å². The van der Waals surface area contributed by atoms with E-state index < -0.39 is 0 Å². The van der Waals surface area contributed by atoms with Gasteiger partial charge in [-0.05, 0) is 43.3 Å². The molecule has 2 heterocycles. The van der Waals surface area contributed by atoms with E-state index in [9.17, 15) is 4.79 Å². The quantitative estimate of drug-likeness (QED) is 0.407. The first-order valence-corrected chi connectivity index (χ1v) is 8.88. The first-order valence-electron chi connectivity index (χ1n) is 8.88. The Morgan fingerprint density at radius 1 is 1.21 bits per heavy atom. The van der Waals surface area contributed by atoms with Gasteiger partial charge in [-0.25, -0.2) is 14.8 Å². The molecule has 0 spiro atoms. The van der Waals surface area contributed by atoms with Crippen molar-refractivity contribution in [3.63, 3.8) is 0 Å². The first-order chi connectivity index (χ1) is 13.6. The third kappa shape index (κ3) is 3.50. The summed E-state index contributed by atoms with van der Waals surface area (Å²) in [6.07, 6.45) is 5.49. The first kappa shape index (κ1) is 17.5. The zero-order chi connectivity index (χ0) is 19.5. The molecule has 0 saturated carbocycles. The maximum Gasteiger partial charge on any atom is 0.338 e. The second-order valence-electron chi connectivity index (χ2n) is 6.18. The molecule has 7 heteroatoms. The number of fused-ring (bicyclic) bond motifs is 1. The third-order valence-corrected chi connectivity index (χ3v) is 4.22. The molecule has 0 aliphatic rings. The van der Waals surface area contributed by atoms with Gasteiger partial charge in [-0.15, -0.1) is 0 Å². The van der Waals surface area contributed by atoms with Crippen LogP contribution in [0.2, 0.25) is 0 Å². The van der Waals surface area contributed by atoms with Gasteiger partial charge in [0.1, 0.15) is 0 Å². The minimum Gasteiger partial charge on any atom is -0.462 e. The predicted molar refractivity (Wildman–Crippen MR) is 109 cm³/mol. The summed E-state index contributed by atoms with van der Waals surface area (Å²) >= 11 is 0. The van der Waals surface area contributed by atoms with Crippen LogP contribution in [0.15, 0.2) is 67.1 Å². The molecule has 0 amide bonds. The van der Waals surface area contributed by atoms with Crippen molar-refractivity contribution in [3.05, 3.63) is 72.7 Å². The average Bonchev–Trinajstić information content (AvgIpc) is 3.18. The van der Waals surface area contributed by atoms with E-state index in [1.54, 1.807) is 37.4 Å². The van der Waals surface area contributed by atoms with Crippen molar-refractivity contribution in [3.8, 4) is 11.3 Å². The van der Waals surface area contributed by atoms with Crippen LogP contribution in [0.25, 0.3) is 16.9 Å². The van der Waals surface area contributed by atoms with Gasteiger partial charge in [-0.1, -0.05) is 12.1 Å². The zero-order valence-electron chi connectivity index (χ0n) is 15.3. The molecule has 7 nitrogen and oxygen atoms in total. The number of rotatable bonds is 5. The van der Waals surface area contributed by atoms with Crippen molar-refractivity contribution >= 4 is 28.8 Å². The van der Waals surface area contributed by atoms with Crippen molar-refractivity contribution in [1.82, 2.24) is 14.4 Å². The third-order valence-electron chi connectivity index (χ3n) is 4.22.